The van der Waals surface area contributed by atoms with E-state index in [-0.39, 0.29) is 36.0 Å². The van der Waals surface area contributed by atoms with Gasteiger partial charge in [0.25, 0.3) is 0 Å². The average Bonchev–Trinajstić information content (AvgIpc) is 2.85. The number of carbonyl (C=O) groups excluding carboxylic acids is 2. The monoisotopic (exact) mass is 268 g/mol. The van der Waals surface area contributed by atoms with Gasteiger partial charge in [0, 0.05) is 13.2 Å². The maximum atomic E-state index is 12.5. The van der Waals surface area contributed by atoms with Crippen LogP contribution in [0.3, 0.4) is 0 Å². The van der Waals surface area contributed by atoms with Gasteiger partial charge in [-0.05, 0) is 32.6 Å². The number of amides is 2. The van der Waals surface area contributed by atoms with Crippen LogP contribution in [0.1, 0.15) is 46.0 Å². The van der Waals surface area contributed by atoms with Crippen molar-refractivity contribution in [3.63, 3.8) is 0 Å². The third-order valence-electron chi connectivity index (χ3n) is 4.33. The van der Waals surface area contributed by atoms with Crippen molar-refractivity contribution in [2.45, 2.75) is 70.2 Å². The van der Waals surface area contributed by atoms with Gasteiger partial charge >= 0.3 is 0 Å². The topological polar surface area (TPSA) is 58.6 Å². The van der Waals surface area contributed by atoms with Crippen LogP contribution in [0, 0.1) is 0 Å². The Morgan fingerprint density at radius 2 is 2.11 bits per heavy atom. The van der Waals surface area contributed by atoms with Gasteiger partial charge in [0.15, 0.2) is 0 Å². The third-order valence-corrected chi connectivity index (χ3v) is 4.33. The Hall–Kier alpha value is -1.10. The van der Waals surface area contributed by atoms with Crippen molar-refractivity contribution in [1.82, 2.24) is 10.2 Å². The highest BCUT2D eigenvalue weighted by molar-refractivity contribution is 5.96. The minimum atomic E-state index is -0.360. The van der Waals surface area contributed by atoms with E-state index in [1.807, 2.05) is 13.8 Å². The van der Waals surface area contributed by atoms with Crippen molar-refractivity contribution in [3.8, 4) is 0 Å². The number of nitrogens with zero attached hydrogens (tertiary/aromatic N) is 1. The van der Waals surface area contributed by atoms with E-state index in [9.17, 15) is 9.59 Å². The number of methoxy groups -OCH3 is 1. The zero-order valence-corrected chi connectivity index (χ0v) is 12.0. The molecule has 1 aliphatic carbocycles. The number of hydrogen-bond acceptors (Lipinski definition) is 3. The minimum Gasteiger partial charge on any atom is -0.381 e. The van der Waals surface area contributed by atoms with Gasteiger partial charge in [0.05, 0.1) is 6.10 Å². The summed E-state index contributed by atoms with van der Waals surface area (Å²) >= 11 is 0. The first-order valence-corrected chi connectivity index (χ1v) is 7.23. The highest BCUT2D eigenvalue weighted by atomic mass is 16.5. The molecular weight excluding hydrogens is 244 g/mol. The van der Waals surface area contributed by atoms with Crippen LogP contribution >= 0.6 is 0 Å². The van der Waals surface area contributed by atoms with Gasteiger partial charge in [0.1, 0.15) is 12.1 Å². The molecule has 0 bridgehead atoms. The van der Waals surface area contributed by atoms with Crippen LogP contribution in [0.25, 0.3) is 0 Å². The average molecular weight is 268 g/mol. The fourth-order valence-electron chi connectivity index (χ4n) is 3.22. The lowest BCUT2D eigenvalue weighted by molar-refractivity contribution is -0.151. The number of ether oxygens (including phenoxy) is 1. The third kappa shape index (κ3) is 2.76. The van der Waals surface area contributed by atoms with E-state index >= 15 is 0 Å². The van der Waals surface area contributed by atoms with Crippen LogP contribution in [0.15, 0.2) is 0 Å². The van der Waals surface area contributed by atoms with Crippen molar-refractivity contribution in [3.05, 3.63) is 0 Å². The second-order valence-electron chi connectivity index (χ2n) is 5.60. The molecule has 2 aliphatic rings. The molecule has 4 unspecified atom stereocenters. The van der Waals surface area contributed by atoms with Crippen LogP contribution in [0.4, 0.5) is 0 Å². The standard InChI is InChI=1S/C14H24N2O3/c1-4-5-12-14(18)16(9(2)13(17)15-12)10-6-7-11(8-10)19-3/h9-12H,4-8H2,1-3H3,(H,15,17). The molecule has 0 spiro atoms. The lowest BCUT2D eigenvalue weighted by Gasteiger charge is -2.41. The second kappa shape index (κ2) is 5.90. The lowest BCUT2D eigenvalue weighted by atomic mass is 10.0. The van der Waals surface area contributed by atoms with Crippen molar-refractivity contribution in [2.24, 2.45) is 0 Å². The number of carbonyl (C=O) groups is 2. The fraction of sp³-hybridized carbons (Fsp3) is 0.857. The van der Waals surface area contributed by atoms with Gasteiger partial charge in [0.2, 0.25) is 11.8 Å². The Bertz CT molecular complexity index is 359. The predicted octanol–water partition coefficient (Wildman–Crippen LogP) is 1.07. The summed E-state index contributed by atoms with van der Waals surface area (Å²) in [6, 6.07) is -0.547. The summed E-state index contributed by atoms with van der Waals surface area (Å²) in [6.07, 6.45) is 4.58. The molecule has 19 heavy (non-hydrogen) atoms. The molecule has 2 fully saturated rings. The van der Waals surface area contributed by atoms with Crippen LogP contribution in [0.5, 0.6) is 0 Å². The Balaban J connectivity index is 2.11. The summed E-state index contributed by atoms with van der Waals surface area (Å²) in [5.74, 6) is 0.0506. The van der Waals surface area contributed by atoms with Crippen molar-refractivity contribution in [1.29, 1.82) is 0 Å². The molecule has 1 saturated carbocycles. The Morgan fingerprint density at radius 1 is 1.37 bits per heavy atom. The van der Waals surface area contributed by atoms with E-state index in [0.29, 0.717) is 6.42 Å². The van der Waals surface area contributed by atoms with Crippen molar-refractivity contribution < 1.29 is 14.3 Å². The van der Waals surface area contributed by atoms with E-state index in [4.69, 9.17) is 4.74 Å². The molecule has 108 valence electrons. The summed E-state index contributed by atoms with van der Waals surface area (Å²) < 4.78 is 5.37. The molecule has 5 nitrogen and oxygen atoms in total. The molecule has 1 aliphatic heterocycles. The summed E-state index contributed by atoms with van der Waals surface area (Å²) in [7, 11) is 1.71. The highest BCUT2D eigenvalue weighted by Gasteiger charge is 2.43. The first kappa shape index (κ1) is 14.3. The molecule has 0 radical (unpaired) electrons. The first-order chi connectivity index (χ1) is 9.08. The normalized spacial score (nSPS) is 35.6. The van der Waals surface area contributed by atoms with Crippen LogP contribution in [-0.2, 0) is 14.3 Å². The molecule has 1 N–H and O–H groups in total. The summed E-state index contributed by atoms with van der Waals surface area (Å²) in [6.45, 7) is 3.84. The SMILES string of the molecule is CCCC1NC(=O)C(C)N(C2CCC(OC)C2)C1=O. The molecule has 1 saturated heterocycles. The molecule has 4 atom stereocenters. The smallest absolute Gasteiger partial charge is 0.246 e. The van der Waals surface area contributed by atoms with E-state index in [1.54, 1.807) is 12.0 Å². The predicted molar refractivity (Wildman–Crippen MR) is 71.6 cm³/mol. The van der Waals surface area contributed by atoms with Gasteiger partial charge in [-0.15, -0.1) is 0 Å². The Morgan fingerprint density at radius 3 is 2.68 bits per heavy atom. The number of piperazine rings is 1. The van der Waals surface area contributed by atoms with Crippen molar-refractivity contribution in [2.75, 3.05) is 7.11 Å². The summed E-state index contributed by atoms with van der Waals surface area (Å²) in [5.41, 5.74) is 0. The van der Waals surface area contributed by atoms with Gasteiger partial charge in [-0.2, -0.15) is 0 Å². The molecule has 0 aromatic rings. The van der Waals surface area contributed by atoms with E-state index in [2.05, 4.69) is 5.32 Å². The molecule has 2 amide bonds. The summed E-state index contributed by atoms with van der Waals surface area (Å²) in [5, 5.41) is 2.83. The molecule has 1 heterocycles. The lowest BCUT2D eigenvalue weighted by Crippen LogP contribution is -2.64. The first-order valence-electron chi connectivity index (χ1n) is 7.23. The Labute approximate surface area is 114 Å². The van der Waals surface area contributed by atoms with Gasteiger partial charge < -0.3 is 15.0 Å². The van der Waals surface area contributed by atoms with E-state index in [1.165, 1.54) is 0 Å². The highest BCUT2D eigenvalue weighted by Crippen LogP contribution is 2.29. The molecule has 5 heteroatoms. The number of hydrogen-bond donors (Lipinski definition) is 1. The maximum Gasteiger partial charge on any atom is 0.246 e. The molecule has 0 aromatic carbocycles. The number of rotatable bonds is 4. The minimum absolute atomic E-state index is 0.0288. The summed E-state index contributed by atoms with van der Waals surface area (Å²) in [4.78, 5) is 26.3. The molecule has 0 aromatic heterocycles. The zero-order valence-electron chi connectivity index (χ0n) is 12.0. The van der Waals surface area contributed by atoms with Crippen LogP contribution < -0.4 is 5.32 Å². The van der Waals surface area contributed by atoms with E-state index < -0.39 is 0 Å². The zero-order chi connectivity index (χ0) is 14.0. The van der Waals surface area contributed by atoms with Crippen molar-refractivity contribution >= 4 is 11.8 Å². The van der Waals surface area contributed by atoms with Gasteiger partial charge in [-0.1, -0.05) is 13.3 Å². The van der Waals surface area contributed by atoms with Crippen LogP contribution in [0.2, 0.25) is 0 Å². The van der Waals surface area contributed by atoms with E-state index in [0.717, 1.165) is 25.7 Å². The second-order valence-corrected chi connectivity index (χ2v) is 5.60. The molecular formula is C14H24N2O3. The number of nitrogens with one attached hydrogen (secondary N) is 1. The quantitative estimate of drug-likeness (QED) is 0.829. The molecule has 2 rings (SSSR count). The van der Waals surface area contributed by atoms with Crippen LogP contribution in [-0.4, -0.2) is 48.1 Å². The largest absolute Gasteiger partial charge is 0.381 e. The van der Waals surface area contributed by atoms with Gasteiger partial charge in [-0.25, -0.2) is 0 Å². The fourth-order valence-corrected chi connectivity index (χ4v) is 3.22. The van der Waals surface area contributed by atoms with Gasteiger partial charge in [-0.3, -0.25) is 9.59 Å². The maximum absolute atomic E-state index is 12.5. The Kier molecular flexibility index (Phi) is 4.45.